The average Bonchev–Trinajstić information content (AvgIpc) is 2.53. The molecule has 3 nitrogen and oxygen atoms in total. The van der Waals surface area contributed by atoms with Crippen LogP contribution in [0.25, 0.3) is 11.1 Å². The third kappa shape index (κ3) is 3.85. The summed E-state index contributed by atoms with van der Waals surface area (Å²) in [5.74, 6) is -0.0124. The highest BCUT2D eigenvalue weighted by atomic mass is 16.5. The minimum Gasteiger partial charge on any atom is -0.508 e. The Labute approximate surface area is 125 Å². The van der Waals surface area contributed by atoms with Gasteiger partial charge in [-0.3, -0.25) is 0 Å². The van der Waals surface area contributed by atoms with E-state index in [1.807, 2.05) is 37.3 Å². The van der Waals surface area contributed by atoms with Crippen molar-refractivity contribution in [3.05, 3.63) is 54.1 Å². The molecule has 0 bridgehead atoms. The molecule has 110 valence electrons. The Hall–Kier alpha value is -2.29. The lowest BCUT2D eigenvalue weighted by Gasteiger charge is -2.13. The quantitative estimate of drug-likeness (QED) is 0.834. The van der Waals surface area contributed by atoms with Gasteiger partial charge in [0.2, 0.25) is 0 Å². The molecule has 0 radical (unpaired) electrons. The predicted octanol–water partition coefficient (Wildman–Crippen LogP) is 4.26. The van der Waals surface area contributed by atoms with Gasteiger partial charge in [-0.05, 0) is 35.2 Å². The monoisotopic (exact) mass is 284 g/mol. The summed E-state index contributed by atoms with van der Waals surface area (Å²) in [7, 11) is 0. The minimum absolute atomic E-state index is 0.0603. The first-order chi connectivity index (χ1) is 10.1. The van der Waals surface area contributed by atoms with Gasteiger partial charge < -0.3 is 9.84 Å². The molecule has 0 saturated heterocycles. The van der Waals surface area contributed by atoms with Gasteiger partial charge in [-0.1, -0.05) is 50.6 Å². The molecule has 3 heteroatoms. The fourth-order valence-corrected chi connectivity index (χ4v) is 1.98. The number of aromatic hydroxyl groups is 1. The Bertz CT molecular complexity index is 605. The zero-order chi connectivity index (χ0) is 15.2. The van der Waals surface area contributed by atoms with Gasteiger partial charge in [-0.2, -0.15) is 0 Å². The number of phenols is 1. The summed E-state index contributed by atoms with van der Waals surface area (Å²) in [6.45, 7) is 4.48. The fourth-order valence-electron chi connectivity index (χ4n) is 1.98. The van der Waals surface area contributed by atoms with Crippen molar-refractivity contribution < 1.29 is 14.6 Å². The molecule has 1 atom stereocenters. The van der Waals surface area contributed by atoms with Gasteiger partial charge in [0.25, 0.3) is 0 Å². The van der Waals surface area contributed by atoms with Crippen LogP contribution in [0.2, 0.25) is 0 Å². The molecule has 0 spiro atoms. The lowest BCUT2D eigenvalue weighted by molar-refractivity contribution is 0.0447. The van der Waals surface area contributed by atoms with E-state index in [1.165, 1.54) is 6.07 Å². The van der Waals surface area contributed by atoms with Crippen LogP contribution in [0.3, 0.4) is 0 Å². The molecule has 0 aromatic heterocycles. The Balaban J connectivity index is 2.30. The SMILES string of the molecule is CC[C@H](C)COC(=O)c1cc(O)ccc1-c1ccccc1. The van der Waals surface area contributed by atoms with Crippen LogP contribution in [0, 0.1) is 5.92 Å². The van der Waals surface area contributed by atoms with E-state index in [1.54, 1.807) is 12.1 Å². The van der Waals surface area contributed by atoms with E-state index in [4.69, 9.17) is 4.74 Å². The second-order valence-electron chi connectivity index (χ2n) is 5.21. The van der Waals surface area contributed by atoms with Crippen LogP contribution in [0.5, 0.6) is 5.75 Å². The minimum atomic E-state index is -0.398. The molecule has 1 N–H and O–H groups in total. The Kier molecular flexibility index (Phi) is 4.99. The second kappa shape index (κ2) is 6.93. The van der Waals surface area contributed by atoms with E-state index in [2.05, 4.69) is 6.92 Å². The first-order valence-corrected chi connectivity index (χ1v) is 7.17. The van der Waals surface area contributed by atoms with Gasteiger partial charge in [0.15, 0.2) is 0 Å². The van der Waals surface area contributed by atoms with Gasteiger partial charge in [0, 0.05) is 0 Å². The van der Waals surface area contributed by atoms with Crippen molar-refractivity contribution in [2.45, 2.75) is 20.3 Å². The molecule has 0 aliphatic heterocycles. The topological polar surface area (TPSA) is 46.5 Å². The third-order valence-electron chi connectivity index (χ3n) is 3.50. The molecule has 0 unspecified atom stereocenters. The molecule has 0 aliphatic carbocycles. The predicted molar refractivity (Wildman–Crippen MR) is 83.3 cm³/mol. The molecule has 0 heterocycles. The number of hydrogen-bond donors (Lipinski definition) is 1. The van der Waals surface area contributed by atoms with Crippen molar-refractivity contribution in [1.82, 2.24) is 0 Å². The van der Waals surface area contributed by atoms with Gasteiger partial charge in [-0.25, -0.2) is 4.79 Å². The van der Waals surface area contributed by atoms with E-state index in [9.17, 15) is 9.90 Å². The van der Waals surface area contributed by atoms with E-state index in [0.717, 1.165) is 17.5 Å². The van der Waals surface area contributed by atoms with Crippen molar-refractivity contribution in [3.63, 3.8) is 0 Å². The van der Waals surface area contributed by atoms with Crippen LogP contribution in [-0.2, 0) is 4.74 Å². The zero-order valence-corrected chi connectivity index (χ0v) is 12.4. The molecule has 0 saturated carbocycles. The number of carbonyl (C=O) groups is 1. The molecule has 2 aromatic rings. The second-order valence-corrected chi connectivity index (χ2v) is 5.21. The Morgan fingerprint density at radius 1 is 1.19 bits per heavy atom. The summed E-state index contributed by atoms with van der Waals surface area (Å²) in [4.78, 5) is 12.3. The highest BCUT2D eigenvalue weighted by Gasteiger charge is 2.16. The summed E-state index contributed by atoms with van der Waals surface area (Å²) in [5, 5.41) is 9.65. The first-order valence-electron chi connectivity index (χ1n) is 7.17. The molecule has 21 heavy (non-hydrogen) atoms. The van der Waals surface area contributed by atoms with Crippen molar-refractivity contribution in [3.8, 4) is 16.9 Å². The van der Waals surface area contributed by atoms with Gasteiger partial charge in [-0.15, -0.1) is 0 Å². The third-order valence-corrected chi connectivity index (χ3v) is 3.50. The number of phenolic OH excluding ortho intramolecular Hbond substituents is 1. The maximum absolute atomic E-state index is 12.3. The van der Waals surface area contributed by atoms with Gasteiger partial charge >= 0.3 is 5.97 Å². The summed E-state index contributed by atoms with van der Waals surface area (Å²) < 4.78 is 5.35. The van der Waals surface area contributed by atoms with Crippen LogP contribution in [-0.4, -0.2) is 17.7 Å². The molecule has 2 rings (SSSR count). The summed E-state index contributed by atoms with van der Waals surface area (Å²) in [6, 6.07) is 14.4. The lowest BCUT2D eigenvalue weighted by atomic mass is 9.99. The van der Waals surface area contributed by atoms with Crippen molar-refractivity contribution in [2.75, 3.05) is 6.61 Å². The number of benzene rings is 2. The Morgan fingerprint density at radius 2 is 1.90 bits per heavy atom. The van der Waals surface area contributed by atoms with Crippen molar-refractivity contribution in [1.29, 1.82) is 0 Å². The van der Waals surface area contributed by atoms with Crippen LogP contribution < -0.4 is 0 Å². The van der Waals surface area contributed by atoms with Crippen LogP contribution in [0.15, 0.2) is 48.5 Å². The smallest absolute Gasteiger partial charge is 0.338 e. The number of esters is 1. The average molecular weight is 284 g/mol. The number of ether oxygens (including phenoxy) is 1. The first kappa shape index (κ1) is 15.1. The largest absolute Gasteiger partial charge is 0.508 e. The summed E-state index contributed by atoms with van der Waals surface area (Å²) in [5.41, 5.74) is 2.08. The molecule has 0 fully saturated rings. The van der Waals surface area contributed by atoms with Crippen molar-refractivity contribution >= 4 is 5.97 Å². The maximum atomic E-state index is 12.3. The normalized spacial score (nSPS) is 11.9. The van der Waals surface area contributed by atoms with Crippen molar-refractivity contribution in [2.24, 2.45) is 5.92 Å². The summed E-state index contributed by atoms with van der Waals surface area (Å²) in [6.07, 6.45) is 0.957. The molecule has 0 amide bonds. The zero-order valence-electron chi connectivity index (χ0n) is 12.4. The van der Waals surface area contributed by atoms with E-state index in [0.29, 0.717) is 18.1 Å². The lowest BCUT2D eigenvalue weighted by Crippen LogP contribution is -2.12. The van der Waals surface area contributed by atoms with Crippen LogP contribution in [0.4, 0.5) is 0 Å². The molecular formula is C18H20O3. The maximum Gasteiger partial charge on any atom is 0.338 e. The standard InChI is InChI=1S/C18H20O3/c1-3-13(2)12-21-18(20)17-11-15(19)9-10-16(17)14-7-5-4-6-8-14/h4-11,13,19H,3,12H2,1-2H3/t13-/m0/s1. The highest BCUT2D eigenvalue weighted by Crippen LogP contribution is 2.27. The molecular weight excluding hydrogens is 264 g/mol. The van der Waals surface area contributed by atoms with E-state index < -0.39 is 5.97 Å². The number of carbonyl (C=O) groups excluding carboxylic acids is 1. The summed E-state index contributed by atoms with van der Waals surface area (Å²) >= 11 is 0. The Morgan fingerprint density at radius 3 is 2.57 bits per heavy atom. The fraction of sp³-hybridized carbons (Fsp3) is 0.278. The van der Waals surface area contributed by atoms with Gasteiger partial charge in [0.05, 0.1) is 12.2 Å². The van der Waals surface area contributed by atoms with E-state index >= 15 is 0 Å². The highest BCUT2D eigenvalue weighted by molar-refractivity contribution is 5.97. The molecule has 2 aromatic carbocycles. The molecule has 0 aliphatic rings. The van der Waals surface area contributed by atoms with Gasteiger partial charge in [0.1, 0.15) is 5.75 Å². The van der Waals surface area contributed by atoms with Crippen LogP contribution in [0.1, 0.15) is 30.6 Å². The number of rotatable bonds is 5. The van der Waals surface area contributed by atoms with E-state index in [-0.39, 0.29) is 5.75 Å². The number of hydrogen-bond acceptors (Lipinski definition) is 3. The van der Waals surface area contributed by atoms with Crippen LogP contribution >= 0.6 is 0 Å².